The molecular formula is C19H22Cl2N2O. The summed E-state index contributed by atoms with van der Waals surface area (Å²) in [5.74, 6) is -0.0767. The summed E-state index contributed by atoms with van der Waals surface area (Å²) < 4.78 is 0. The molecule has 3 nitrogen and oxygen atoms in total. The molecule has 0 aliphatic rings. The average molecular weight is 365 g/mol. The average Bonchev–Trinajstić information content (AvgIpc) is 2.52. The van der Waals surface area contributed by atoms with Crippen LogP contribution in [-0.4, -0.2) is 5.91 Å². The van der Waals surface area contributed by atoms with E-state index in [1.807, 2.05) is 36.4 Å². The number of carbonyl (C=O) groups excluding carboxylic acids is 1. The van der Waals surface area contributed by atoms with Crippen LogP contribution in [0.4, 0.5) is 5.69 Å². The molecule has 0 heterocycles. The summed E-state index contributed by atoms with van der Waals surface area (Å²) in [5, 5.41) is 7.71. The molecule has 0 aromatic heterocycles. The van der Waals surface area contributed by atoms with Crippen LogP contribution >= 0.6 is 23.2 Å². The smallest absolute Gasteiger partial charge is 0.221 e. The van der Waals surface area contributed by atoms with Crippen LogP contribution in [0.2, 0.25) is 10.0 Å². The molecule has 0 aliphatic heterocycles. The zero-order valence-corrected chi connectivity index (χ0v) is 15.6. The normalized spacial score (nSPS) is 13.4. The standard InChI is InChI=1S/C19H22Cl2N2O/c1-4-19(17-9-8-15(20)11-18(17)21)22-12(2)14-6-5-7-16(10-14)23-13(3)24/h5-12,19,22H,4H2,1-3H3,(H,23,24). The maximum Gasteiger partial charge on any atom is 0.221 e. The van der Waals surface area contributed by atoms with Gasteiger partial charge in [-0.25, -0.2) is 0 Å². The Kier molecular flexibility index (Phi) is 6.67. The van der Waals surface area contributed by atoms with Gasteiger partial charge >= 0.3 is 0 Å². The highest BCUT2D eigenvalue weighted by atomic mass is 35.5. The molecule has 0 fully saturated rings. The molecule has 2 unspecified atom stereocenters. The lowest BCUT2D eigenvalue weighted by Gasteiger charge is -2.24. The lowest BCUT2D eigenvalue weighted by atomic mass is 10.0. The number of hydrogen-bond acceptors (Lipinski definition) is 2. The van der Waals surface area contributed by atoms with Crippen LogP contribution in [0, 0.1) is 0 Å². The minimum atomic E-state index is -0.0767. The van der Waals surface area contributed by atoms with E-state index < -0.39 is 0 Å². The predicted molar refractivity (Wildman–Crippen MR) is 102 cm³/mol. The summed E-state index contributed by atoms with van der Waals surface area (Å²) in [7, 11) is 0. The van der Waals surface area contributed by atoms with Gasteiger partial charge in [0.1, 0.15) is 0 Å². The molecule has 0 spiro atoms. The third-order valence-electron chi connectivity index (χ3n) is 3.90. The number of nitrogens with one attached hydrogen (secondary N) is 2. The van der Waals surface area contributed by atoms with E-state index in [1.165, 1.54) is 6.92 Å². The van der Waals surface area contributed by atoms with Gasteiger partial charge in [0, 0.05) is 34.7 Å². The Morgan fingerprint density at radius 3 is 2.54 bits per heavy atom. The molecule has 2 rings (SSSR count). The lowest BCUT2D eigenvalue weighted by molar-refractivity contribution is -0.114. The Morgan fingerprint density at radius 2 is 1.92 bits per heavy atom. The molecule has 5 heteroatoms. The molecule has 2 atom stereocenters. The zero-order chi connectivity index (χ0) is 17.7. The van der Waals surface area contributed by atoms with Crippen LogP contribution in [-0.2, 0) is 4.79 Å². The highest BCUT2D eigenvalue weighted by Crippen LogP contribution is 2.30. The first kappa shape index (κ1) is 18.8. The number of rotatable bonds is 6. The van der Waals surface area contributed by atoms with Crippen molar-refractivity contribution in [3.63, 3.8) is 0 Å². The molecular weight excluding hydrogens is 343 g/mol. The van der Waals surface area contributed by atoms with Crippen molar-refractivity contribution in [1.82, 2.24) is 5.32 Å². The molecule has 0 saturated carbocycles. The first-order chi connectivity index (χ1) is 11.4. The second kappa shape index (κ2) is 8.52. The largest absolute Gasteiger partial charge is 0.326 e. The fourth-order valence-electron chi connectivity index (χ4n) is 2.70. The maximum absolute atomic E-state index is 11.2. The van der Waals surface area contributed by atoms with E-state index in [0.29, 0.717) is 10.0 Å². The van der Waals surface area contributed by atoms with E-state index in [4.69, 9.17) is 23.2 Å². The monoisotopic (exact) mass is 364 g/mol. The molecule has 0 bridgehead atoms. The van der Waals surface area contributed by atoms with Gasteiger partial charge in [-0.2, -0.15) is 0 Å². The number of carbonyl (C=O) groups is 1. The van der Waals surface area contributed by atoms with Gasteiger partial charge in [0.25, 0.3) is 0 Å². The molecule has 2 aromatic carbocycles. The highest BCUT2D eigenvalue weighted by molar-refractivity contribution is 6.35. The number of anilines is 1. The number of halogens is 2. The van der Waals surface area contributed by atoms with Crippen LogP contribution in [0.5, 0.6) is 0 Å². The molecule has 2 aromatic rings. The summed E-state index contributed by atoms with van der Waals surface area (Å²) in [4.78, 5) is 11.2. The lowest BCUT2D eigenvalue weighted by Crippen LogP contribution is -2.24. The van der Waals surface area contributed by atoms with Crippen molar-refractivity contribution >= 4 is 34.8 Å². The second-order valence-corrected chi connectivity index (χ2v) is 6.67. The van der Waals surface area contributed by atoms with E-state index in [0.717, 1.165) is 23.2 Å². The summed E-state index contributed by atoms with van der Waals surface area (Å²) in [6.07, 6.45) is 0.900. The van der Waals surface area contributed by atoms with Gasteiger partial charge in [-0.3, -0.25) is 4.79 Å². The van der Waals surface area contributed by atoms with Crippen LogP contribution in [0.1, 0.15) is 50.4 Å². The van der Waals surface area contributed by atoms with Gasteiger partial charge in [0.05, 0.1) is 0 Å². The van der Waals surface area contributed by atoms with E-state index in [2.05, 4.69) is 24.5 Å². The number of amides is 1. The summed E-state index contributed by atoms with van der Waals surface area (Å²) in [6, 6.07) is 13.7. The van der Waals surface area contributed by atoms with Gasteiger partial charge in [-0.1, -0.05) is 48.3 Å². The molecule has 24 heavy (non-hydrogen) atoms. The minimum Gasteiger partial charge on any atom is -0.326 e. The molecule has 0 radical (unpaired) electrons. The van der Waals surface area contributed by atoms with Crippen molar-refractivity contribution in [2.24, 2.45) is 0 Å². The van der Waals surface area contributed by atoms with Gasteiger partial charge in [0.2, 0.25) is 5.91 Å². The number of benzene rings is 2. The van der Waals surface area contributed by atoms with Crippen molar-refractivity contribution in [3.05, 3.63) is 63.6 Å². The van der Waals surface area contributed by atoms with Gasteiger partial charge in [0.15, 0.2) is 0 Å². The predicted octanol–water partition coefficient (Wildman–Crippen LogP) is 5.75. The quantitative estimate of drug-likeness (QED) is 0.684. The Hall–Kier alpha value is -1.55. The second-order valence-electron chi connectivity index (χ2n) is 5.82. The Bertz CT molecular complexity index is 718. The zero-order valence-electron chi connectivity index (χ0n) is 14.1. The van der Waals surface area contributed by atoms with Crippen LogP contribution in [0.3, 0.4) is 0 Å². The SMILES string of the molecule is CCC(NC(C)c1cccc(NC(C)=O)c1)c1ccc(Cl)cc1Cl. The summed E-state index contributed by atoms with van der Waals surface area (Å²) in [6.45, 7) is 5.71. The van der Waals surface area contributed by atoms with Crippen molar-refractivity contribution in [3.8, 4) is 0 Å². The molecule has 0 aliphatic carbocycles. The van der Waals surface area contributed by atoms with Crippen molar-refractivity contribution in [1.29, 1.82) is 0 Å². The highest BCUT2D eigenvalue weighted by Gasteiger charge is 2.17. The van der Waals surface area contributed by atoms with Gasteiger partial charge < -0.3 is 10.6 Å². The van der Waals surface area contributed by atoms with E-state index >= 15 is 0 Å². The molecule has 128 valence electrons. The first-order valence-electron chi connectivity index (χ1n) is 7.99. The summed E-state index contributed by atoms with van der Waals surface area (Å²) >= 11 is 12.3. The Morgan fingerprint density at radius 1 is 1.17 bits per heavy atom. The van der Waals surface area contributed by atoms with Gasteiger partial charge in [-0.15, -0.1) is 0 Å². The van der Waals surface area contributed by atoms with Crippen molar-refractivity contribution in [2.75, 3.05) is 5.32 Å². The van der Waals surface area contributed by atoms with E-state index in [1.54, 1.807) is 6.07 Å². The molecule has 1 amide bonds. The maximum atomic E-state index is 11.2. The van der Waals surface area contributed by atoms with Crippen LogP contribution in [0.25, 0.3) is 0 Å². The Balaban J connectivity index is 2.17. The Labute approximate surface area is 153 Å². The fourth-order valence-corrected chi connectivity index (χ4v) is 3.24. The number of hydrogen-bond donors (Lipinski definition) is 2. The molecule has 2 N–H and O–H groups in total. The van der Waals surface area contributed by atoms with Crippen LogP contribution < -0.4 is 10.6 Å². The van der Waals surface area contributed by atoms with E-state index in [9.17, 15) is 4.79 Å². The van der Waals surface area contributed by atoms with Crippen molar-refractivity contribution in [2.45, 2.75) is 39.3 Å². The fraction of sp³-hybridized carbons (Fsp3) is 0.316. The van der Waals surface area contributed by atoms with Crippen LogP contribution in [0.15, 0.2) is 42.5 Å². The third kappa shape index (κ3) is 4.97. The first-order valence-corrected chi connectivity index (χ1v) is 8.74. The van der Waals surface area contributed by atoms with Gasteiger partial charge in [-0.05, 0) is 48.7 Å². The topological polar surface area (TPSA) is 41.1 Å². The molecule has 0 saturated heterocycles. The summed E-state index contributed by atoms with van der Waals surface area (Å²) in [5.41, 5.74) is 2.93. The van der Waals surface area contributed by atoms with Crippen molar-refractivity contribution < 1.29 is 4.79 Å². The third-order valence-corrected chi connectivity index (χ3v) is 4.47. The minimum absolute atomic E-state index is 0.0767. The van der Waals surface area contributed by atoms with E-state index in [-0.39, 0.29) is 18.0 Å².